The molecule has 1 aliphatic heterocycles. The van der Waals surface area contributed by atoms with Gasteiger partial charge in [0.2, 0.25) is 0 Å². The molecule has 0 saturated heterocycles. The summed E-state index contributed by atoms with van der Waals surface area (Å²) in [7, 11) is 0. The van der Waals surface area contributed by atoms with E-state index in [0.717, 1.165) is 6.42 Å². The van der Waals surface area contributed by atoms with E-state index in [1.807, 2.05) is 11.8 Å². The van der Waals surface area contributed by atoms with Crippen molar-refractivity contribution in [1.29, 1.82) is 0 Å². The van der Waals surface area contributed by atoms with Gasteiger partial charge in [-0.3, -0.25) is 0 Å². The van der Waals surface area contributed by atoms with Crippen LogP contribution in [0.4, 0.5) is 0 Å². The molecule has 2 aliphatic rings. The molecule has 10 aromatic rings. The molecule has 0 radical (unpaired) electrons. The summed E-state index contributed by atoms with van der Waals surface area (Å²) in [6.45, 7) is 0. The van der Waals surface area contributed by atoms with E-state index in [0.29, 0.717) is 0 Å². The molecule has 2 heteroatoms. The fourth-order valence-corrected chi connectivity index (χ4v) is 10.7. The van der Waals surface area contributed by atoms with Crippen molar-refractivity contribution in [2.75, 3.05) is 0 Å². The predicted molar refractivity (Wildman–Crippen MR) is 236 cm³/mol. The second-order valence-electron chi connectivity index (χ2n) is 15.2. The van der Waals surface area contributed by atoms with Gasteiger partial charge in [-0.25, -0.2) is 0 Å². The lowest BCUT2D eigenvalue weighted by molar-refractivity contribution is 0.794. The first kappa shape index (κ1) is 31.7. The smallest absolute Gasteiger partial charge is 0.0553 e. The Kier molecular flexibility index (Phi) is 7.06. The van der Waals surface area contributed by atoms with Crippen molar-refractivity contribution in [1.82, 2.24) is 4.57 Å². The van der Waals surface area contributed by atoms with Gasteiger partial charge in [0.05, 0.1) is 11.0 Å². The zero-order chi connectivity index (χ0) is 36.7. The minimum absolute atomic E-state index is 0.222. The highest BCUT2D eigenvalue weighted by atomic mass is 32.2. The molecule has 1 aliphatic carbocycles. The van der Waals surface area contributed by atoms with Gasteiger partial charge in [-0.15, -0.1) is 0 Å². The minimum Gasteiger partial charge on any atom is -0.309 e. The number of nitrogens with zero attached hydrogens (tertiary/aromatic N) is 1. The lowest BCUT2D eigenvalue weighted by Crippen LogP contribution is -2.13. The van der Waals surface area contributed by atoms with Gasteiger partial charge < -0.3 is 4.57 Å². The molecule has 2 heterocycles. The normalized spacial score (nSPS) is 14.1. The molecule has 9 aromatic carbocycles. The molecule has 0 bridgehead atoms. The first-order chi connectivity index (χ1) is 27.8. The summed E-state index contributed by atoms with van der Waals surface area (Å²) < 4.78 is 2.49. The Balaban J connectivity index is 1.03. The van der Waals surface area contributed by atoms with Crippen molar-refractivity contribution < 1.29 is 0 Å². The Labute approximate surface area is 330 Å². The van der Waals surface area contributed by atoms with Crippen LogP contribution in [0.1, 0.15) is 22.6 Å². The van der Waals surface area contributed by atoms with Crippen LogP contribution in [0.15, 0.2) is 204 Å². The Morgan fingerprint density at radius 3 is 1.88 bits per heavy atom. The largest absolute Gasteiger partial charge is 0.309 e. The van der Waals surface area contributed by atoms with Crippen molar-refractivity contribution in [3.05, 3.63) is 211 Å². The number of hydrogen-bond donors (Lipinski definition) is 0. The third kappa shape index (κ3) is 4.82. The van der Waals surface area contributed by atoms with Crippen molar-refractivity contribution >= 4 is 44.3 Å². The van der Waals surface area contributed by atoms with Gasteiger partial charge >= 0.3 is 0 Å². The van der Waals surface area contributed by atoms with Crippen LogP contribution in [0.5, 0.6) is 0 Å². The summed E-state index contributed by atoms with van der Waals surface area (Å²) in [5.41, 5.74) is 18.2. The summed E-state index contributed by atoms with van der Waals surface area (Å²) >= 11 is 1.89. The van der Waals surface area contributed by atoms with Gasteiger partial charge in [-0.1, -0.05) is 163 Å². The standard InChI is InChI=1S/C54H35NS/c1-3-12-34(13-4-1)37-24-28-41-39(30-37)32-46(47-31-38(25-29-42(41)47)35-14-5-2-6-15-35)36-22-26-40(27-23-36)55-49-19-9-7-17-44(49)53-45-18-11-21-52-54(45)48(33-50(53)55)43-16-8-10-20-51(43)56-52/h1-31,33,46H,32H2/t46-/m1/s1. The number of para-hydroxylation sites is 1. The van der Waals surface area contributed by atoms with Crippen LogP contribution < -0.4 is 0 Å². The first-order valence-electron chi connectivity index (χ1n) is 19.5. The minimum atomic E-state index is 0.222. The molecule has 0 fully saturated rings. The average molecular weight is 730 g/mol. The molecular formula is C54H35NS. The molecule has 1 aromatic heterocycles. The first-order valence-corrected chi connectivity index (χ1v) is 20.3. The molecule has 56 heavy (non-hydrogen) atoms. The molecule has 0 unspecified atom stereocenters. The summed E-state index contributed by atoms with van der Waals surface area (Å²) in [4.78, 5) is 2.65. The highest BCUT2D eigenvalue weighted by Crippen LogP contribution is 2.51. The topological polar surface area (TPSA) is 4.93 Å². The molecule has 1 atom stereocenters. The number of benzene rings is 9. The van der Waals surface area contributed by atoms with Crippen LogP contribution >= 0.6 is 11.8 Å². The van der Waals surface area contributed by atoms with Crippen molar-refractivity contribution in [2.24, 2.45) is 0 Å². The van der Waals surface area contributed by atoms with Crippen LogP contribution in [0.25, 0.3) is 82.8 Å². The van der Waals surface area contributed by atoms with Crippen LogP contribution in [0.2, 0.25) is 0 Å². The monoisotopic (exact) mass is 729 g/mol. The second kappa shape index (κ2) is 12.5. The molecule has 12 rings (SSSR count). The third-order valence-electron chi connectivity index (χ3n) is 12.2. The number of hydrogen-bond acceptors (Lipinski definition) is 1. The van der Waals surface area contributed by atoms with E-state index in [9.17, 15) is 0 Å². The highest BCUT2D eigenvalue weighted by Gasteiger charge is 2.28. The zero-order valence-electron chi connectivity index (χ0n) is 30.6. The molecule has 0 saturated carbocycles. The van der Waals surface area contributed by atoms with E-state index in [4.69, 9.17) is 0 Å². The SMILES string of the molecule is c1ccc(-c2ccc3c(c2)C[C@H](c2ccc(-n4c5ccccc5c5c6cccc7c6c(cc54)-c4ccccc4S7)cc2)c2cc(-c4ccccc4)ccc2-3)cc1. The zero-order valence-corrected chi connectivity index (χ0v) is 31.4. The van der Waals surface area contributed by atoms with E-state index < -0.39 is 0 Å². The van der Waals surface area contributed by atoms with Crippen molar-refractivity contribution in [3.63, 3.8) is 0 Å². The average Bonchev–Trinajstić information content (AvgIpc) is 3.61. The molecule has 1 nitrogen and oxygen atoms in total. The van der Waals surface area contributed by atoms with Gasteiger partial charge in [0.15, 0.2) is 0 Å². The van der Waals surface area contributed by atoms with E-state index in [2.05, 4.69) is 199 Å². The van der Waals surface area contributed by atoms with Gasteiger partial charge in [0.25, 0.3) is 0 Å². The fourth-order valence-electron chi connectivity index (χ4n) is 9.60. The van der Waals surface area contributed by atoms with Gasteiger partial charge in [0, 0.05) is 37.6 Å². The van der Waals surface area contributed by atoms with E-state index in [1.54, 1.807) is 0 Å². The van der Waals surface area contributed by atoms with Crippen LogP contribution in [-0.2, 0) is 6.42 Å². The molecule has 0 spiro atoms. The Hall–Kier alpha value is -6.61. The predicted octanol–water partition coefficient (Wildman–Crippen LogP) is 14.8. The highest BCUT2D eigenvalue weighted by molar-refractivity contribution is 7.99. The maximum absolute atomic E-state index is 2.49. The molecule has 0 N–H and O–H groups in total. The third-order valence-corrected chi connectivity index (χ3v) is 13.3. The molecular weight excluding hydrogens is 695 g/mol. The van der Waals surface area contributed by atoms with Gasteiger partial charge in [-0.05, 0) is 115 Å². The van der Waals surface area contributed by atoms with Crippen LogP contribution in [0.3, 0.4) is 0 Å². The van der Waals surface area contributed by atoms with E-state index in [1.165, 1.54) is 109 Å². The van der Waals surface area contributed by atoms with Crippen molar-refractivity contribution in [2.45, 2.75) is 22.1 Å². The van der Waals surface area contributed by atoms with Gasteiger partial charge in [-0.2, -0.15) is 0 Å². The van der Waals surface area contributed by atoms with Crippen LogP contribution in [-0.4, -0.2) is 4.57 Å². The lowest BCUT2D eigenvalue weighted by Gasteiger charge is -2.30. The van der Waals surface area contributed by atoms with Crippen molar-refractivity contribution in [3.8, 4) is 50.2 Å². The maximum atomic E-state index is 2.49. The molecule has 0 amide bonds. The second-order valence-corrected chi connectivity index (χ2v) is 16.3. The summed E-state index contributed by atoms with van der Waals surface area (Å²) in [5, 5.41) is 5.30. The number of rotatable bonds is 4. The Morgan fingerprint density at radius 2 is 1.07 bits per heavy atom. The number of aromatic nitrogens is 1. The van der Waals surface area contributed by atoms with E-state index >= 15 is 0 Å². The quantitative estimate of drug-likeness (QED) is 0.175. The fraction of sp³-hybridized carbons (Fsp3) is 0.0370. The summed E-state index contributed by atoms with van der Waals surface area (Å²) in [6, 6.07) is 72.3. The summed E-state index contributed by atoms with van der Waals surface area (Å²) in [5.74, 6) is 0.222. The van der Waals surface area contributed by atoms with Crippen LogP contribution in [0, 0.1) is 0 Å². The number of fused-ring (bicyclic) bond motifs is 9. The Bertz CT molecular complexity index is 3170. The van der Waals surface area contributed by atoms with Gasteiger partial charge in [0.1, 0.15) is 0 Å². The maximum Gasteiger partial charge on any atom is 0.0553 e. The lowest BCUT2D eigenvalue weighted by atomic mass is 9.74. The van der Waals surface area contributed by atoms with E-state index in [-0.39, 0.29) is 5.92 Å². The summed E-state index contributed by atoms with van der Waals surface area (Å²) in [6.07, 6.45) is 0.949. The Morgan fingerprint density at radius 1 is 0.411 bits per heavy atom. The molecule has 262 valence electrons.